The lowest BCUT2D eigenvalue weighted by atomic mass is 10.1. The highest BCUT2D eigenvalue weighted by molar-refractivity contribution is 6.06. The average molecular weight is 373 g/mol. The third-order valence-electron chi connectivity index (χ3n) is 5.65. The van der Waals surface area contributed by atoms with Crippen LogP contribution in [0.15, 0.2) is 42.5 Å². The van der Waals surface area contributed by atoms with Crippen molar-refractivity contribution in [2.45, 2.75) is 13.3 Å². The van der Waals surface area contributed by atoms with E-state index >= 15 is 0 Å². The van der Waals surface area contributed by atoms with Crippen molar-refractivity contribution in [1.82, 2.24) is 19.3 Å². The first-order valence-electron chi connectivity index (χ1n) is 9.83. The van der Waals surface area contributed by atoms with Gasteiger partial charge in [-0.2, -0.15) is 0 Å². The van der Waals surface area contributed by atoms with Gasteiger partial charge < -0.3 is 9.80 Å². The number of Topliss-reactive ketones (excluding diaryl/α,β-unsaturated/α-hetero) is 1. The molecule has 1 fully saturated rings. The monoisotopic (exact) mass is 373 g/mol. The van der Waals surface area contributed by atoms with Crippen molar-refractivity contribution < 1.29 is 4.79 Å². The summed E-state index contributed by atoms with van der Waals surface area (Å²) in [4.78, 5) is 27.1. The van der Waals surface area contributed by atoms with Crippen LogP contribution in [0.2, 0.25) is 0 Å². The standard InChI is InChI=1S/C22H23N5O/c1-3-19(28)16-14-15-8-9-20(26-12-10-25(2)11-13-26)24-21(15)27-18-7-5-4-6-17(18)23-22(16)27/h4-9,14H,3,10-13H2,1-2H3. The summed E-state index contributed by atoms with van der Waals surface area (Å²) in [7, 11) is 2.15. The number of imidazole rings is 1. The Kier molecular flexibility index (Phi) is 4.02. The van der Waals surface area contributed by atoms with Crippen LogP contribution in [0.5, 0.6) is 0 Å². The zero-order chi connectivity index (χ0) is 19.3. The number of likely N-dealkylation sites (N-methyl/N-ethyl adjacent to an activating group) is 1. The van der Waals surface area contributed by atoms with Crippen molar-refractivity contribution in [3.63, 3.8) is 0 Å². The van der Waals surface area contributed by atoms with Gasteiger partial charge in [0.1, 0.15) is 11.5 Å². The van der Waals surface area contributed by atoms with Gasteiger partial charge in [-0.15, -0.1) is 0 Å². The molecule has 0 saturated carbocycles. The Bertz CT molecular complexity index is 1200. The van der Waals surface area contributed by atoms with Gasteiger partial charge in [0.2, 0.25) is 0 Å². The number of carbonyl (C=O) groups is 1. The maximum Gasteiger partial charge on any atom is 0.166 e. The number of para-hydroxylation sites is 2. The number of rotatable bonds is 3. The summed E-state index contributed by atoms with van der Waals surface area (Å²) in [6, 6.07) is 14.1. The van der Waals surface area contributed by atoms with Gasteiger partial charge in [-0.1, -0.05) is 19.1 Å². The van der Waals surface area contributed by atoms with Gasteiger partial charge in [-0.25, -0.2) is 9.97 Å². The van der Waals surface area contributed by atoms with Gasteiger partial charge in [-0.05, 0) is 37.4 Å². The third kappa shape index (κ3) is 2.64. The normalized spacial score (nSPS) is 15.7. The maximum absolute atomic E-state index is 12.6. The first-order chi connectivity index (χ1) is 13.7. The molecule has 1 aliphatic rings. The van der Waals surface area contributed by atoms with Gasteiger partial charge in [0.05, 0.1) is 16.6 Å². The molecule has 1 aliphatic heterocycles. The van der Waals surface area contributed by atoms with Crippen LogP contribution in [0.25, 0.3) is 27.7 Å². The average Bonchev–Trinajstić information content (AvgIpc) is 3.12. The van der Waals surface area contributed by atoms with E-state index in [4.69, 9.17) is 9.97 Å². The number of carbonyl (C=O) groups excluding carboxylic acids is 1. The zero-order valence-corrected chi connectivity index (χ0v) is 16.2. The zero-order valence-electron chi connectivity index (χ0n) is 16.2. The van der Waals surface area contributed by atoms with Crippen molar-refractivity contribution in [2.24, 2.45) is 0 Å². The SMILES string of the molecule is CCC(=O)c1cc2ccc(N3CCN(C)CC3)nc2n2c1nc1ccccc12. The van der Waals surface area contributed by atoms with Crippen molar-refractivity contribution in [2.75, 3.05) is 38.1 Å². The molecule has 0 amide bonds. The van der Waals surface area contributed by atoms with Crippen LogP contribution in [0, 0.1) is 0 Å². The highest BCUT2D eigenvalue weighted by Crippen LogP contribution is 2.28. The number of hydrogen-bond donors (Lipinski definition) is 0. The molecule has 4 aromatic rings. The molecule has 0 bridgehead atoms. The number of anilines is 1. The smallest absolute Gasteiger partial charge is 0.166 e. The van der Waals surface area contributed by atoms with E-state index in [0.29, 0.717) is 17.6 Å². The predicted molar refractivity (Wildman–Crippen MR) is 112 cm³/mol. The fourth-order valence-electron chi connectivity index (χ4n) is 3.99. The minimum atomic E-state index is 0.102. The fourth-order valence-corrected chi connectivity index (χ4v) is 3.99. The fraction of sp³-hybridized carbons (Fsp3) is 0.318. The summed E-state index contributed by atoms with van der Waals surface area (Å²) >= 11 is 0. The minimum Gasteiger partial charge on any atom is -0.354 e. The highest BCUT2D eigenvalue weighted by atomic mass is 16.1. The number of benzene rings is 1. The van der Waals surface area contributed by atoms with Crippen LogP contribution in [-0.2, 0) is 0 Å². The topological polar surface area (TPSA) is 53.7 Å². The number of ketones is 1. The molecule has 1 saturated heterocycles. The second kappa shape index (κ2) is 6.56. The number of pyridine rings is 2. The second-order valence-corrected chi connectivity index (χ2v) is 7.47. The maximum atomic E-state index is 12.6. The largest absolute Gasteiger partial charge is 0.354 e. The van der Waals surface area contributed by atoms with Crippen LogP contribution in [0.1, 0.15) is 23.7 Å². The van der Waals surface area contributed by atoms with Crippen LogP contribution >= 0.6 is 0 Å². The number of hydrogen-bond acceptors (Lipinski definition) is 5. The Morgan fingerprint density at radius 1 is 1.00 bits per heavy atom. The molecule has 3 aromatic heterocycles. The van der Waals surface area contributed by atoms with Crippen molar-refractivity contribution in [3.8, 4) is 0 Å². The molecule has 28 heavy (non-hydrogen) atoms. The number of nitrogens with zero attached hydrogens (tertiary/aromatic N) is 5. The molecule has 0 radical (unpaired) electrons. The molecular weight excluding hydrogens is 350 g/mol. The Morgan fingerprint density at radius 2 is 1.79 bits per heavy atom. The predicted octanol–water partition coefficient (Wildman–Crippen LogP) is 3.38. The van der Waals surface area contributed by atoms with E-state index < -0.39 is 0 Å². The number of fused-ring (bicyclic) bond motifs is 5. The third-order valence-corrected chi connectivity index (χ3v) is 5.65. The van der Waals surface area contributed by atoms with E-state index in [9.17, 15) is 4.79 Å². The minimum absolute atomic E-state index is 0.102. The summed E-state index contributed by atoms with van der Waals surface area (Å²) in [5, 5.41) is 0.963. The summed E-state index contributed by atoms with van der Waals surface area (Å²) < 4.78 is 2.05. The summed E-state index contributed by atoms with van der Waals surface area (Å²) in [6.45, 7) is 5.89. The van der Waals surface area contributed by atoms with Crippen molar-refractivity contribution >= 4 is 39.3 Å². The van der Waals surface area contributed by atoms with E-state index in [1.54, 1.807) is 0 Å². The Labute approximate surface area is 163 Å². The lowest BCUT2D eigenvalue weighted by molar-refractivity contribution is 0.0989. The van der Waals surface area contributed by atoms with Crippen LogP contribution in [-0.4, -0.2) is 58.3 Å². The summed E-state index contributed by atoms with van der Waals surface area (Å²) in [5.41, 5.74) is 4.08. The van der Waals surface area contributed by atoms with Crippen LogP contribution in [0.3, 0.4) is 0 Å². The number of piperazine rings is 1. The van der Waals surface area contributed by atoms with E-state index in [0.717, 1.165) is 54.1 Å². The van der Waals surface area contributed by atoms with E-state index in [-0.39, 0.29) is 5.78 Å². The molecule has 0 N–H and O–H groups in total. The molecule has 0 atom stereocenters. The van der Waals surface area contributed by atoms with Crippen LogP contribution in [0.4, 0.5) is 5.82 Å². The lowest BCUT2D eigenvalue weighted by Gasteiger charge is -2.33. The van der Waals surface area contributed by atoms with E-state index in [1.807, 2.05) is 41.7 Å². The molecule has 0 aliphatic carbocycles. The molecule has 1 aromatic carbocycles. The Morgan fingerprint density at radius 3 is 2.57 bits per heavy atom. The van der Waals surface area contributed by atoms with E-state index in [2.05, 4.69) is 29.0 Å². The molecule has 6 nitrogen and oxygen atoms in total. The quantitative estimate of drug-likeness (QED) is 0.515. The molecule has 6 heteroatoms. The molecular formula is C22H23N5O. The van der Waals surface area contributed by atoms with Crippen molar-refractivity contribution in [3.05, 3.63) is 48.0 Å². The summed E-state index contributed by atoms with van der Waals surface area (Å²) in [6.07, 6.45) is 0.456. The van der Waals surface area contributed by atoms with Gasteiger partial charge in [0.25, 0.3) is 0 Å². The molecule has 142 valence electrons. The lowest BCUT2D eigenvalue weighted by Crippen LogP contribution is -2.44. The van der Waals surface area contributed by atoms with E-state index in [1.165, 1.54) is 0 Å². The first-order valence-corrected chi connectivity index (χ1v) is 9.83. The molecule has 5 rings (SSSR count). The molecule has 0 unspecified atom stereocenters. The summed E-state index contributed by atoms with van der Waals surface area (Å²) in [5.74, 6) is 1.08. The van der Waals surface area contributed by atoms with Gasteiger partial charge in [0, 0.05) is 38.0 Å². The molecule has 0 spiro atoms. The van der Waals surface area contributed by atoms with Gasteiger partial charge in [0.15, 0.2) is 11.4 Å². The van der Waals surface area contributed by atoms with Crippen LogP contribution < -0.4 is 4.90 Å². The molecule has 4 heterocycles. The number of aromatic nitrogens is 3. The Hall–Kier alpha value is -2.99. The van der Waals surface area contributed by atoms with Gasteiger partial charge >= 0.3 is 0 Å². The first kappa shape index (κ1) is 17.1. The second-order valence-electron chi connectivity index (χ2n) is 7.47. The highest BCUT2D eigenvalue weighted by Gasteiger charge is 2.20. The Balaban J connectivity index is 1.79. The van der Waals surface area contributed by atoms with Gasteiger partial charge in [-0.3, -0.25) is 9.20 Å². The van der Waals surface area contributed by atoms with Crippen molar-refractivity contribution in [1.29, 1.82) is 0 Å².